The Kier molecular flexibility index (Phi) is 3.01. The van der Waals surface area contributed by atoms with Gasteiger partial charge in [0.2, 0.25) is 0 Å². The Morgan fingerprint density at radius 2 is 2.19 bits per heavy atom. The van der Waals surface area contributed by atoms with Gasteiger partial charge in [0.15, 0.2) is 0 Å². The van der Waals surface area contributed by atoms with Crippen LogP contribution in [0.25, 0.3) is 0 Å². The molecule has 1 atom stereocenters. The predicted molar refractivity (Wildman–Crippen MR) is 62.9 cm³/mol. The second-order valence-corrected chi connectivity index (χ2v) is 4.04. The van der Waals surface area contributed by atoms with Crippen LogP contribution in [0.4, 0.5) is 0 Å². The summed E-state index contributed by atoms with van der Waals surface area (Å²) in [6.45, 7) is 4.82. The number of nitrogens with two attached hydrogens (primary N) is 1. The first-order valence-electron chi connectivity index (χ1n) is 5.33. The van der Waals surface area contributed by atoms with Crippen LogP contribution >= 0.6 is 0 Å². The third-order valence-electron chi connectivity index (χ3n) is 2.70. The summed E-state index contributed by atoms with van der Waals surface area (Å²) >= 11 is 0. The molecule has 0 aliphatic heterocycles. The van der Waals surface area contributed by atoms with Crippen LogP contribution in [0.5, 0.6) is 0 Å². The number of hydrogen-bond donors (Lipinski definition) is 1. The van der Waals surface area contributed by atoms with E-state index in [1.54, 1.807) is 6.20 Å². The van der Waals surface area contributed by atoms with Gasteiger partial charge in [-0.15, -0.1) is 0 Å². The van der Waals surface area contributed by atoms with E-state index in [9.17, 15) is 0 Å². The van der Waals surface area contributed by atoms with Gasteiger partial charge in [0.05, 0.1) is 18.6 Å². The molecule has 0 bridgehead atoms. The first kappa shape index (κ1) is 10.8. The van der Waals surface area contributed by atoms with Crippen molar-refractivity contribution in [3.05, 3.63) is 47.8 Å². The Hall–Kier alpha value is -1.68. The first-order chi connectivity index (χ1) is 7.68. The van der Waals surface area contributed by atoms with Gasteiger partial charge in [-0.1, -0.05) is 0 Å². The summed E-state index contributed by atoms with van der Waals surface area (Å²) in [5.74, 6) is 0. The molecule has 0 unspecified atom stereocenters. The normalized spacial score (nSPS) is 12.7. The van der Waals surface area contributed by atoms with Crippen LogP contribution in [0.1, 0.15) is 29.8 Å². The highest BCUT2D eigenvalue weighted by Crippen LogP contribution is 2.13. The fraction of sp³-hybridized carbons (Fsp3) is 0.333. The van der Waals surface area contributed by atoms with E-state index in [2.05, 4.69) is 21.5 Å². The van der Waals surface area contributed by atoms with Crippen molar-refractivity contribution in [1.82, 2.24) is 14.5 Å². The van der Waals surface area contributed by atoms with Gasteiger partial charge < -0.3 is 10.3 Å². The van der Waals surface area contributed by atoms with Crippen molar-refractivity contribution in [3.8, 4) is 0 Å². The van der Waals surface area contributed by atoms with Crippen LogP contribution in [0.3, 0.4) is 0 Å². The number of pyridine rings is 1. The Labute approximate surface area is 95.1 Å². The number of rotatable bonds is 3. The van der Waals surface area contributed by atoms with Crippen molar-refractivity contribution in [2.24, 2.45) is 5.73 Å². The maximum Gasteiger partial charge on any atom is 0.0951 e. The maximum absolute atomic E-state index is 5.87. The van der Waals surface area contributed by atoms with E-state index in [-0.39, 0.29) is 6.04 Å². The molecule has 0 aliphatic rings. The molecule has 2 heterocycles. The summed E-state index contributed by atoms with van der Waals surface area (Å²) in [5, 5.41) is 0. The molecule has 0 spiro atoms. The molecule has 0 radical (unpaired) electrons. The average Bonchev–Trinajstić information content (AvgIpc) is 2.69. The smallest absolute Gasteiger partial charge is 0.0951 e. The topological polar surface area (TPSA) is 56.7 Å². The number of aromatic nitrogens is 3. The van der Waals surface area contributed by atoms with Crippen LogP contribution in [0, 0.1) is 6.92 Å². The van der Waals surface area contributed by atoms with E-state index >= 15 is 0 Å². The molecule has 16 heavy (non-hydrogen) atoms. The fourth-order valence-corrected chi connectivity index (χ4v) is 1.69. The molecule has 0 saturated heterocycles. The van der Waals surface area contributed by atoms with Crippen LogP contribution in [0.15, 0.2) is 31.0 Å². The van der Waals surface area contributed by atoms with Crippen LogP contribution in [-0.4, -0.2) is 14.5 Å². The molecule has 4 heteroatoms. The standard InChI is InChI=1S/C12H16N4/c1-9-3-4-14-5-11(9)7-16-8-15-6-12(16)10(2)13/h3-6,8,10H,7,13H2,1-2H3/t10-/m0/s1. The van der Waals surface area contributed by atoms with Crippen LogP contribution < -0.4 is 5.73 Å². The molecule has 84 valence electrons. The highest BCUT2D eigenvalue weighted by atomic mass is 15.1. The molecule has 2 aromatic heterocycles. The Morgan fingerprint density at radius 1 is 1.38 bits per heavy atom. The number of imidazole rings is 1. The third kappa shape index (κ3) is 2.12. The van der Waals surface area contributed by atoms with Crippen molar-refractivity contribution in [2.75, 3.05) is 0 Å². The van der Waals surface area contributed by atoms with Crippen molar-refractivity contribution >= 4 is 0 Å². The Balaban J connectivity index is 2.27. The molecule has 0 aliphatic carbocycles. The Bertz CT molecular complexity index is 473. The molecular weight excluding hydrogens is 200 g/mol. The van der Waals surface area contributed by atoms with Crippen molar-refractivity contribution in [1.29, 1.82) is 0 Å². The van der Waals surface area contributed by atoms with Crippen LogP contribution in [0.2, 0.25) is 0 Å². The minimum absolute atomic E-state index is 0.000484. The van der Waals surface area contributed by atoms with E-state index in [1.807, 2.05) is 31.7 Å². The lowest BCUT2D eigenvalue weighted by molar-refractivity contribution is 0.671. The second kappa shape index (κ2) is 4.45. The highest BCUT2D eigenvalue weighted by molar-refractivity contribution is 5.22. The molecule has 2 rings (SSSR count). The van der Waals surface area contributed by atoms with E-state index in [0.717, 1.165) is 12.2 Å². The average molecular weight is 216 g/mol. The number of nitrogens with zero attached hydrogens (tertiary/aromatic N) is 3. The van der Waals surface area contributed by atoms with Gasteiger partial charge in [0, 0.05) is 24.6 Å². The zero-order chi connectivity index (χ0) is 11.5. The summed E-state index contributed by atoms with van der Waals surface area (Å²) in [5.41, 5.74) is 9.35. The molecule has 0 aromatic carbocycles. The minimum atomic E-state index is -0.000484. The Morgan fingerprint density at radius 3 is 2.88 bits per heavy atom. The van der Waals surface area contributed by atoms with Crippen molar-refractivity contribution in [3.63, 3.8) is 0 Å². The summed E-state index contributed by atoms with van der Waals surface area (Å²) in [7, 11) is 0. The summed E-state index contributed by atoms with van der Waals surface area (Å²) in [4.78, 5) is 8.27. The number of aryl methyl sites for hydroxylation is 1. The molecular formula is C12H16N4. The lowest BCUT2D eigenvalue weighted by Crippen LogP contribution is -2.12. The molecule has 0 saturated carbocycles. The van der Waals surface area contributed by atoms with E-state index in [1.165, 1.54) is 11.1 Å². The number of hydrogen-bond acceptors (Lipinski definition) is 3. The minimum Gasteiger partial charge on any atom is -0.329 e. The maximum atomic E-state index is 5.87. The monoisotopic (exact) mass is 216 g/mol. The largest absolute Gasteiger partial charge is 0.329 e. The molecule has 0 amide bonds. The van der Waals surface area contributed by atoms with Gasteiger partial charge >= 0.3 is 0 Å². The summed E-state index contributed by atoms with van der Waals surface area (Å²) in [6.07, 6.45) is 7.32. The SMILES string of the molecule is Cc1ccncc1Cn1cncc1[C@H](C)N. The zero-order valence-corrected chi connectivity index (χ0v) is 9.59. The molecule has 0 fully saturated rings. The predicted octanol–water partition coefficient (Wildman–Crippen LogP) is 1.65. The summed E-state index contributed by atoms with van der Waals surface area (Å²) < 4.78 is 2.06. The van der Waals surface area contributed by atoms with Gasteiger partial charge in [0.25, 0.3) is 0 Å². The van der Waals surface area contributed by atoms with Gasteiger partial charge in [-0.2, -0.15) is 0 Å². The molecule has 2 N–H and O–H groups in total. The second-order valence-electron chi connectivity index (χ2n) is 4.04. The first-order valence-corrected chi connectivity index (χ1v) is 5.33. The fourth-order valence-electron chi connectivity index (χ4n) is 1.69. The molecule has 2 aromatic rings. The van der Waals surface area contributed by atoms with Crippen molar-refractivity contribution in [2.45, 2.75) is 26.4 Å². The van der Waals surface area contributed by atoms with E-state index in [0.29, 0.717) is 0 Å². The molecule has 4 nitrogen and oxygen atoms in total. The van der Waals surface area contributed by atoms with Crippen LogP contribution in [-0.2, 0) is 6.54 Å². The van der Waals surface area contributed by atoms with Gasteiger partial charge in [-0.3, -0.25) is 4.98 Å². The van der Waals surface area contributed by atoms with E-state index in [4.69, 9.17) is 5.73 Å². The highest BCUT2D eigenvalue weighted by Gasteiger charge is 2.07. The van der Waals surface area contributed by atoms with E-state index < -0.39 is 0 Å². The van der Waals surface area contributed by atoms with Gasteiger partial charge in [-0.25, -0.2) is 4.98 Å². The van der Waals surface area contributed by atoms with Crippen molar-refractivity contribution < 1.29 is 0 Å². The lowest BCUT2D eigenvalue weighted by Gasteiger charge is -2.11. The quantitative estimate of drug-likeness (QED) is 0.848. The third-order valence-corrected chi connectivity index (χ3v) is 2.70. The lowest BCUT2D eigenvalue weighted by atomic mass is 10.1. The van der Waals surface area contributed by atoms with Gasteiger partial charge in [0.1, 0.15) is 0 Å². The summed E-state index contributed by atoms with van der Waals surface area (Å²) in [6, 6.07) is 2.01. The van der Waals surface area contributed by atoms with Gasteiger partial charge in [-0.05, 0) is 31.0 Å². The zero-order valence-electron chi connectivity index (χ0n) is 9.59.